The van der Waals surface area contributed by atoms with E-state index in [-0.39, 0.29) is 6.04 Å². The standard InChI is InChI=1S/C13H27N3O2S/c1-11-5-8-16(9-6-11)19(17,18)15-12(2)13-4-3-7-14-10-13/h11-15H,3-10H2,1-2H3. The molecule has 0 amide bonds. The summed E-state index contributed by atoms with van der Waals surface area (Å²) in [4.78, 5) is 0. The third-order valence-corrected chi connectivity index (χ3v) is 6.17. The third-order valence-electron chi connectivity index (χ3n) is 4.46. The van der Waals surface area contributed by atoms with E-state index in [2.05, 4.69) is 17.0 Å². The van der Waals surface area contributed by atoms with Crippen molar-refractivity contribution in [3.8, 4) is 0 Å². The van der Waals surface area contributed by atoms with Gasteiger partial charge in [-0.2, -0.15) is 17.4 Å². The van der Waals surface area contributed by atoms with Crippen LogP contribution in [0.1, 0.15) is 39.5 Å². The van der Waals surface area contributed by atoms with Gasteiger partial charge < -0.3 is 5.32 Å². The second-order valence-corrected chi connectivity index (χ2v) is 7.80. The van der Waals surface area contributed by atoms with Gasteiger partial charge >= 0.3 is 0 Å². The number of nitrogens with one attached hydrogen (secondary N) is 2. The first-order chi connectivity index (χ1) is 8.99. The predicted octanol–water partition coefficient (Wildman–Crippen LogP) is 0.941. The first-order valence-corrected chi connectivity index (χ1v) is 8.91. The van der Waals surface area contributed by atoms with E-state index in [0.717, 1.165) is 38.8 Å². The number of hydrogen-bond acceptors (Lipinski definition) is 3. The van der Waals surface area contributed by atoms with Crippen LogP contribution in [-0.2, 0) is 10.2 Å². The van der Waals surface area contributed by atoms with Crippen LogP contribution in [0.25, 0.3) is 0 Å². The third kappa shape index (κ3) is 4.15. The molecule has 2 N–H and O–H groups in total. The molecule has 2 heterocycles. The fourth-order valence-corrected chi connectivity index (χ4v) is 4.44. The number of piperidine rings is 2. The fraction of sp³-hybridized carbons (Fsp3) is 1.00. The van der Waals surface area contributed by atoms with Crippen LogP contribution in [-0.4, -0.2) is 44.9 Å². The summed E-state index contributed by atoms with van der Waals surface area (Å²) >= 11 is 0. The lowest BCUT2D eigenvalue weighted by atomic mass is 9.94. The van der Waals surface area contributed by atoms with Gasteiger partial charge in [-0.15, -0.1) is 0 Å². The Balaban J connectivity index is 1.89. The van der Waals surface area contributed by atoms with Crippen molar-refractivity contribution in [3.05, 3.63) is 0 Å². The molecule has 5 nitrogen and oxygen atoms in total. The van der Waals surface area contributed by atoms with E-state index in [9.17, 15) is 8.42 Å². The van der Waals surface area contributed by atoms with Crippen LogP contribution < -0.4 is 10.0 Å². The van der Waals surface area contributed by atoms with Gasteiger partial charge in [0.25, 0.3) is 10.2 Å². The summed E-state index contributed by atoms with van der Waals surface area (Å²) in [6.45, 7) is 7.47. The minimum Gasteiger partial charge on any atom is -0.316 e. The van der Waals surface area contributed by atoms with Crippen molar-refractivity contribution in [1.82, 2.24) is 14.3 Å². The van der Waals surface area contributed by atoms with Crippen LogP contribution in [0.2, 0.25) is 0 Å². The van der Waals surface area contributed by atoms with Crippen LogP contribution in [0.3, 0.4) is 0 Å². The van der Waals surface area contributed by atoms with Crippen molar-refractivity contribution in [2.75, 3.05) is 26.2 Å². The van der Waals surface area contributed by atoms with E-state index in [1.165, 1.54) is 0 Å². The van der Waals surface area contributed by atoms with Crippen molar-refractivity contribution >= 4 is 10.2 Å². The largest absolute Gasteiger partial charge is 0.316 e. The van der Waals surface area contributed by atoms with Gasteiger partial charge in [0.15, 0.2) is 0 Å². The first-order valence-electron chi connectivity index (χ1n) is 7.47. The fourth-order valence-electron chi connectivity index (χ4n) is 2.94. The molecule has 0 aliphatic carbocycles. The number of hydrogen-bond donors (Lipinski definition) is 2. The lowest BCUT2D eigenvalue weighted by Crippen LogP contribution is -2.51. The van der Waals surface area contributed by atoms with E-state index in [1.54, 1.807) is 4.31 Å². The van der Waals surface area contributed by atoms with Crippen LogP contribution in [0.4, 0.5) is 0 Å². The minimum absolute atomic E-state index is 0.0112. The SMILES string of the molecule is CC1CCN(S(=O)(=O)NC(C)C2CCCNC2)CC1. The monoisotopic (exact) mass is 289 g/mol. The molecule has 0 spiro atoms. The maximum Gasteiger partial charge on any atom is 0.279 e. The molecular weight excluding hydrogens is 262 g/mol. The summed E-state index contributed by atoms with van der Waals surface area (Å²) in [5.41, 5.74) is 0. The molecule has 112 valence electrons. The zero-order valence-corrected chi connectivity index (χ0v) is 12.9. The average Bonchev–Trinajstić information content (AvgIpc) is 2.40. The Morgan fingerprint density at radius 1 is 1.26 bits per heavy atom. The molecule has 0 aromatic carbocycles. The van der Waals surface area contributed by atoms with Crippen molar-refractivity contribution in [2.45, 2.75) is 45.6 Å². The molecule has 6 heteroatoms. The van der Waals surface area contributed by atoms with E-state index >= 15 is 0 Å². The van der Waals surface area contributed by atoms with Crippen LogP contribution in [0.5, 0.6) is 0 Å². The van der Waals surface area contributed by atoms with Crippen molar-refractivity contribution < 1.29 is 8.42 Å². The number of rotatable bonds is 4. The Bertz CT molecular complexity index is 371. The van der Waals surface area contributed by atoms with E-state index in [1.807, 2.05) is 6.92 Å². The van der Waals surface area contributed by atoms with Crippen molar-refractivity contribution in [1.29, 1.82) is 0 Å². The molecule has 0 aromatic rings. The van der Waals surface area contributed by atoms with Crippen molar-refractivity contribution in [2.24, 2.45) is 11.8 Å². The Kier molecular flexibility index (Phi) is 5.22. The summed E-state index contributed by atoms with van der Waals surface area (Å²) < 4.78 is 29.2. The Morgan fingerprint density at radius 2 is 1.95 bits per heavy atom. The molecule has 2 fully saturated rings. The van der Waals surface area contributed by atoms with Gasteiger partial charge in [0, 0.05) is 19.1 Å². The summed E-state index contributed by atoms with van der Waals surface area (Å²) in [5.74, 6) is 1.05. The molecule has 2 aliphatic heterocycles. The Labute approximate surface area is 117 Å². The van der Waals surface area contributed by atoms with Crippen molar-refractivity contribution in [3.63, 3.8) is 0 Å². The highest BCUT2D eigenvalue weighted by Crippen LogP contribution is 2.20. The average molecular weight is 289 g/mol. The minimum atomic E-state index is -3.30. The maximum absolute atomic E-state index is 12.3. The smallest absolute Gasteiger partial charge is 0.279 e. The van der Waals surface area contributed by atoms with E-state index < -0.39 is 10.2 Å². The Morgan fingerprint density at radius 3 is 2.53 bits per heavy atom. The summed E-state index contributed by atoms with van der Waals surface area (Å²) in [7, 11) is -3.30. The van der Waals surface area contributed by atoms with Crippen LogP contribution in [0, 0.1) is 11.8 Å². The first kappa shape index (κ1) is 15.2. The molecule has 2 unspecified atom stereocenters. The second kappa shape index (κ2) is 6.52. The van der Waals surface area contributed by atoms with E-state index in [0.29, 0.717) is 24.9 Å². The molecule has 0 radical (unpaired) electrons. The van der Waals surface area contributed by atoms with Gasteiger partial charge in [0.2, 0.25) is 0 Å². The van der Waals surface area contributed by atoms with Crippen LogP contribution >= 0.6 is 0 Å². The maximum atomic E-state index is 12.3. The second-order valence-electron chi connectivity index (χ2n) is 6.10. The molecule has 0 bridgehead atoms. The normalized spacial score (nSPS) is 29.3. The Hall–Kier alpha value is -0.170. The highest BCUT2D eigenvalue weighted by atomic mass is 32.2. The quantitative estimate of drug-likeness (QED) is 0.810. The molecular formula is C13H27N3O2S. The summed E-state index contributed by atoms with van der Waals surface area (Å²) in [6, 6.07) is 0.0112. The lowest BCUT2D eigenvalue weighted by Gasteiger charge is -2.33. The lowest BCUT2D eigenvalue weighted by molar-refractivity contribution is 0.274. The van der Waals surface area contributed by atoms with Gasteiger partial charge in [-0.1, -0.05) is 6.92 Å². The van der Waals surface area contributed by atoms with Crippen LogP contribution in [0.15, 0.2) is 0 Å². The number of nitrogens with zero attached hydrogens (tertiary/aromatic N) is 1. The van der Waals surface area contributed by atoms with Gasteiger partial charge in [0.05, 0.1) is 0 Å². The zero-order chi connectivity index (χ0) is 13.9. The molecule has 2 aliphatic rings. The molecule has 19 heavy (non-hydrogen) atoms. The molecule has 2 saturated heterocycles. The molecule has 2 rings (SSSR count). The highest BCUT2D eigenvalue weighted by molar-refractivity contribution is 7.87. The summed E-state index contributed by atoms with van der Waals surface area (Å²) in [5, 5.41) is 3.34. The zero-order valence-electron chi connectivity index (χ0n) is 12.1. The van der Waals surface area contributed by atoms with Gasteiger partial charge in [0.1, 0.15) is 0 Å². The topological polar surface area (TPSA) is 61.4 Å². The van der Waals surface area contributed by atoms with E-state index in [4.69, 9.17) is 0 Å². The molecule has 0 saturated carbocycles. The molecule has 2 atom stereocenters. The van der Waals surface area contributed by atoms with Gasteiger partial charge in [-0.25, -0.2) is 0 Å². The van der Waals surface area contributed by atoms with Gasteiger partial charge in [-0.05, 0) is 57.5 Å². The predicted molar refractivity (Wildman–Crippen MR) is 77.1 cm³/mol. The summed E-state index contributed by atoms with van der Waals surface area (Å²) in [6.07, 6.45) is 4.19. The molecule has 0 aromatic heterocycles. The van der Waals surface area contributed by atoms with Gasteiger partial charge in [-0.3, -0.25) is 0 Å². The highest BCUT2D eigenvalue weighted by Gasteiger charge is 2.30.